The summed E-state index contributed by atoms with van der Waals surface area (Å²) in [5.74, 6) is 5.55. The number of carbonyl (C=O) groups is 1. The van der Waals surface area contributed by atoms with Gasteiger partial charge in [0.1, 0.15) is 0 Å². The predicted molar refractivity (Wildman–Crippen MR) is 45.3 cm³/mol. The third kappa shape index (κ3) is 2.11. The molecule has 0 aromatic rings. The first-order valence-electron chi connectivity index (χ1n) is 4.43. The first-order chi connectivity index (χ1) is 5.77. The number of likely N-dealkylation sites (tertiary alicyclic amines) is 1. The second-order valence-electron chi connectivity index (χ2n) is 3.22. The van der Waals surface area contributed by atoms with Crippen LogP contribution in [0, 0.1) is 5.92 Å². The number of hydrogen-bond acceptors (Lipinski definition) is 3. The van der Waals surface area contributed by atoms with E-state index in [1.807, 2.05) is 0 Å². The van der Waals surface area contributed by atoms with Gasteiger partial charge in [0, 0.05) is 13.1 Å². The maximum Gasteiger partial charge on any atom is 0.428 e. The maximum absolute atomic E-state index is 10.9. The molecule has 0 unspecified atom stereocenters. The smallest absolute Gasteiger partial charge is 0.357 e. The third-order valence-electron chi connectivity index (χ3n) is 2.55. The van der Waals surface area contributed by atoms with Crippen molar-refractivity contribution < 1.29 is 9.63 Å². The van der Waals surface area contributed by atoms with Gasteiger partial charge in [0.2, 0.25) is 0 Å². The van der Waals surface area contributed by atoms with Crippen LogP contribution in [-0.4, -0.2) is 24.1 Å². The second kappa shape index (κ2) is 4.30. The van der Waals surface area contributed by atoms with Crippen molar-refractivity contribution in [1.29, 1.82) is 0 Å². The molecular weight excluding hydrogens is 156 g/mol. The second-order valence-corrected chi connectivity index (χ2v) is 3.22. The Morgan fingerprint density at radius 3 is 2.58 bits per heavy atom. The van der Waals surface area contributed by atoms with E-state index in [0.29, 0.717) is 0 Å². The van der Waals surface area contributed by atoms with Gasteiger partial charge in [-0.3, -0.25) is 0 Å². The number of carbonyl (C=O) groups excluding carboxylic acids is 1. The van der Waals surface area contributed by atoms with Gasteiger partial charge in [0.05, 0.1) is 0 Å². The Balaban J connectivity index is 2.30. The highest BCUT2D eigenvalue weighted by molar-refractivity contribution is 5.67. The lowest BCUT2D eigenvalue weighted by Gasteiger charge is -2.29. The lowest BCUT2D eigenvalue weighted by molar-refractivity contribution is 0.0877. The van der Waals surface area contributed by atoms with Crippen molar-refractivity contribution in [1.82, 2.24) is 4.90 Å². The van der Waals surface area contributed by atoms with Gasteiger partial charge in [-0.2, -0.15) is 5.90 Å². The summed E-state index contributed by atoms with van der Waals surface area (Å²) in [4.78, 5) is 16.7. The Hall–Kier alpha value is -0.770. The fourth-order valence-electron chi connectivity index (χ4n) is 1.60. The van der Waals surface area contributed by atoms with Crippen LogP contribution < -0.4 is 5.90 Å². The molecule has 1 aliphatic heterocycles. The Morgan fingerprint density at radius 1 is 1.58 bits per heavy atom. The molecule has 0 spiro atoms. The monoisotopic (exact) mass is 172 g/mol. The van der Waals surface area contributed by atoms with Gasteiger partial charge in [0.15, 0.2) is 0 Å². The van der Waals surface area contributed by atoms with E-state index < -0.39 is 6.09 Å². The van der Waals surface area contributed by atoms with E-state index in [0.717, 1.165) is 31.8 Å². The Bertz CT molecular complexity index is 153. The Morgan fingerprint density at radius 2 is 2.17 bits per heavy atom. The summed E-state index contributed by atoms with van der Waals surface area (Å²) in [6.07, 6.45) is 2.95. The molecule has 4 nitrogen and oxygen atoms in total. The van der Waals surface area contributed by atoms with E-state index in [1.54, 1.807) is 4.90 Å². The normalized spacial score (nSPS) is 19.3. The van der Waals surface area contributed by atoms with Crippen LogP contribution in [0.2, 0.25) is 0 Å². The van der Waals surface area contributed by atoms with E-state index >= 15 is 0 Å². The fourth-order valence-corrected chi connectivity index (χ4v) is 1.60. The summed E-state index contributed by atoms with van der Waals surface area (Å²) in [5, 5.41) is 0. The molecule has 0 bridgehead atoms. The average Bonchev–Trinajstić information content (AvgIpc) is 2.17. The summed E-state index contributed by atoms with van der Waals surface area (Å²) in [6.45, 7) is 3.75. The largest absolute Gasteiger partial charge is 0.428 e. The van der Waals surface area contributed by atoms with Crippen molar-refractivity contribution in [2.75, 3.05) is 13.1 Å². The maximum atomic E-state index is 10.9. The minimum absolute atomic E-state index is 0.399. The molecule has 0 atom stereocenters. The van der Waals surface area contributed by atoms with Crippen molar-refractivity contribution >= 4 is 6.09 Å². The predicted octanol–water partition coefficient (Wildman–Crippen LogP) is 1.12. The van der Waals surface area contributed by atoms with Gasteiger partial charge in [-0.25, -0.2) is 4.79 Å². The lowest BCUT2D eigenvalue weighted by atomic mass is 9.95. The van der Waals surface area contributed by atoms with Crippen LogP contribution in [0.15, 0.2) is 0 Å². The van der Waals surface area contributed by atoms with Crippen LogP contribution in [0.3, 0.4) is 0 Å². The van der Waals surface area contributed by atoms with Gasteiger partial charge >= 0.3 is 6.09 Å². The van der Waals surface area contributed by atoms with Gasteiger partial charge in [0.25, 0.3) is 0 Å². The van der Waals surface area contributed by atoms with Gasteiger partial charge in [-0.1, -0.05) is 13.3 Å². The molecule has 0 saturated carbocycles. The molecule has 1 saturated heterocycles. The standard InChI is InChI=1S/C8H16N2O2/c1-2-7-3-5-10(6-4-7)8(11)12-9/h7H,2-6,9H2,1H3. The van der Waals surface area contributed by atoms with Crippen LogP contribution in [-0.2, 0) is 4.84 Å². The van der Waals surface area contributed by atoms with E-state index in [2.05, 4.69) is 11.8 Å². The first-order valence-corrected chi connectivity index (χ1v) is 4.43. The third-order valence-corrected chi connectivity index (χ3v) is 2.55. The minimum Gasteiger partial charge on any atom is -0.357 e. The number of piperidine rings is 1. The zero-order chi connectivity index (χ0) is 8.97. The summed E-state index contributed by atoms with van der Waals surface area (Å²) in [6, 6.07) is 0. The molecule has 1 rings (SSSR count). The molecule has 1 heterocycles. The first kappa shape index (κ1) is 9.32. The molecule has 1 amide bonds. The summed E-state index contributed by atoms with van der Waals surface area (Å²) in [7, 11) is 0. The van der Waals surface area contributed by atoms with Gasteiger partial charge in [-0.05, 0) is 18.8 Å². The fraction of sp³-hybridized carbons (Fsp3) is 0.875. The Kier molecular flexibility index (Phi) is 3.34. The quantitative estimate of drug-likeness (QED) is 0.603. The van der Waals surface area contributed by atoms with Crippen molar-refractivity contribution in [2.24, 2.45) is 11.8 Å². The van der Waals surface area contributed by atoms with Crippen LogP contribution in [0.1, 0.15) is 26.2 Å². The molecule has 12 heavy (non-hydrogen) atoms. The van der Waals surface area contributed by atoms with Gasteiger partial charge in [-0.15, -0.1) is 0 Å². The molecule has 1 aliphatic rings. The Labute approximate surface area is 72.6 Å². The highest BCUT2D eigenvalue weighted by Crippen LogP contribution is 2.19. The number of nitrogens with two attached hydrogens (primary N) is 1. The molecule has 0 aromatic carbocycles. The molecule has 0 aliphatic carbocycles. The van der Waals surface area contributed by atoms with E-state index in [9.17, 15) is 4.79 Å². The molecular formula is C8H16N2O2. The van der Waals surface area contributed by atoms with E-state index in [1.165, 1.54) is 6.42 Å². The number of hydrogen-bond donors (Lipinski definition) is 1. The van der Waals surface area contributed by atoms with Gasteiger partial charge < -0.3 is 9.74 Å². The minimum atomic E-state index is -0.399. The van der Waals surface area contributed by atoms with Crippen LogP contribution >= 0.6 is 0 Å². The molecule has 1 fully saturated rings. The molecule has 0 radical (unpaired) electrons. The van der Waals surface area contributed by atoms with Crippen LogP contribution in [0.25, 0.3) is 0 Å². The number of amides is 1. The lowest BCUT2D eigenvalue weighted by Crippen LogP contribution is -2.39. The molecule has 70 valence electrons. The highest BCUT2D eigenvalue weighted by Gasteiger charge is 2.21. The zero-order valence-electron chi connectivity index (χ0n) is 7.45. The number of nitrogens with zero attached hydrogens (tertiary/aromatic N) is 1. The average molecular weight is 172 g/mol. The van der Waals surface area contributed by atoms with E-state index in [4.69, 9.17) is 5.90 Å². The van der Waals surface area contributed by atoms with Crippen LogP contribution in [0.5, 0.6) is 0 Å². The van der Waals surface area contributed by atoms with Crippen molar-refractivity contribution in [2.45, 2.75) is 26.2 Å². The van der Waals surface area contributed by atoms with Crippen molar-refractivity contribution in [3.63, 3.8) is 0 Å². The summed E-state index contributed by atoms with van der Waals surface area (Å²) < 4.78 is 0. The molecule has 2 N–H and O–H groups in total. The molecule has 4 heteroatoms. The summed E-state index contributed by atoms with van der Waals surface area (Å²) >= 11 is 0. The van der Waals surface area contributed by atoms with Crippen molar-refractivity contribution in [3.8, 4) is 0 Å². The number of rotatable bonds is 1. The van der Waals surface area contributed by atoms with E-state index in [-0.39, 0.29) is 0 Å². The SMILES string of the molecule is CCC1CCN(C(=O)ON)CC1. The topological polar surface area (TPSA) is 55.6 Å². The van der Waals surface area contributed by atoms with Crippen LogP contribution in [0.4, 0.5) is 4.79 Å². The zero-order valence-corrected chi connectivity index (χ0v) is 7.45. The molecule has 0 aromatic heterocycles. The van der Waals surface area contributed by atoms with Crippen molar-refractivity contribution in [3.05, 3.63) is 0 Å². The summed E-state index contributed by atoms with van der Waals surface area (Å²) in [5.41, 5.74) is 0. The highest BCUT2D eigenvalue weighted by atomic mass is 16.7.